The molecule has 0 unspecified atom stereocenters. The van der Waals surface area contributed by atoms with E-state index in [1.165, 1.54) is 5.56 Å². The average Bonchev–Trinajstić information content (AvgIpc) is 2.35. The lowest BCUT2D eigenvalue weighted by atomic mass is 9.87. The molecule has 0 fully saturated rings. The highest BCUT2D eigenvalue weighted by Gasteiger charge is 2.14. The number of benzene rings is 1. The van der Waals surface area contributed by atoms with Crippen molar-refractivity contribution in [1.82, 2.24) is 9.97 Å². The van der Waals surface area contributed by atoms with E-state index in [-0.39, 0.29) is 16.6 Å². The maximum absolute atomic E-state index is 5.89. The third-order valence-electron chi connectivity index (χ3n) is 3.01. The van der Waals surface area contributed by atoms with Crippen molar-refractivity contribution in [2.24, 2.45) is 0 Å². The van der Waals surface area contributed by atoms with Gasteiger partial charge in [0.05, 0.1) is 5.69 Å². The molecule has 5 heteroatoms. The minimum Gasteiger partial charge on any atom is -0.437 e. The third-order valence-corrected chi connectivity index (χ3v) is 3.18. The van der Waals surface area contributed by atoms with Gasteiger partial charge in [0, 0.05) is 0 Å². The first kappa shape index (κ1) is 14.6. The van der Waals surface area contributed by atoms with Gasteiger partial charge in [0.2, 0.25) is 11.2 Å². The largest absolute Gasteiger partial charge is 0.437 e. The Morgan fingerprint density at radius 1 is 1.10 bits per heavy atom. The molecule has 2 aromatic rings. The van der Waals surface area contributed by atoms with Gasteiger partial charge in [-0.1, -0.05) is 32.9 Å². The Morgan fingerprint density at radius 2 is 1.70 bits per heavy atom. The van der Waals surface area contributed by atoms with Crippen LogP contribution in [0.4, 0.5) is 5.69 Å². The van der Waals surface area contributed by atoms with E-state index in [9.17, 15) is 0 Å². The second-order valence-electron chi connectivity index (χ2n) is 5.67. The molecule has 0 bridgehead atoms. The molecule has 2 N–H and O–H groups in total. The maximum Gasteiger partial charge on any atom is 0.247 e. The van der Waals surface area contributed by atoms with Gasteiger partial charge in [0.25, 0.3) is 0 Å². The van der Waals surface area contributed by atoms with Crippen LogP contribution in [-0.2, 0) is 5.41 Å². The molecule has 1 aromatic carbocycles. The van der Waals surface area contributed by atoms with Crippen LogP contribution in [0, 0.1) is 6.92 Å². The van der Waals surface area contributed by atoms with Crippen molar-refractivity contribution >= 4 is 17.3 Å². The van der Waals surface area contributed by atoms with Crippen LogP contribution in [0.25, 0.3) is 0 Å². The van der Waals surface area contributed by atoms with E-state index in [1.54, 1.807) is 6.92 Å². The summed E-state index contributed by atoms with van der Waals surface area (Å²) in [5.74, 6) is 0.949. The van der Waals surface area contributed by atoms with Crippen LogP contribution >= 0.6 is 11.6 Å². The molecule has 0 atom stereocenters. The molecule has 0 amide bonds. The monoisotopic (exact) mass is 291 g/mol. The molecule has 2 rings (SSSR count). The summed E-state index contributed by atoms with van der Waals surface area (Å²) in [6.45, 7) is 8.25. The fourth-order valence-corrected chi connectivity index (χ4v) is 1.94. The lowest BCUT2D eigenvalue weighted by molar-refractivity contribution is 0.463. The fraction of sp³-hybridized carbons (Fsp3) is 0.333. The summed E-state index contributed by atoms with van der Waals surface area (Å²) < 4.78 is 5.68. The summed E-state index contributed by atoms with van der Waals surface area (Å²) in [5, 5.41) is 0.123. The molecule has 1 aromatic heterocycles. The van der Waals surface area contributed by atoms with Crippen LogP contribution in [0.1, 0.15) is 32.0 Å². The Labute approximate surface area is 124 Å². The second kappa shape index (κ2) is 5.29. The highest BCUT2D eigenvalue weighted by molar-refractivity contribution is 6.28. The number of aromatic nitrogens is 2. The highest BCUT2D eigenvalue weighted by Crippen LogP contribution is 2.30. The standard InChI is InChI=1S/C15H18ClN3O/c1-9-12(17)13(19-14(16)18-9)20-11-7-5-10(6-8-11)15(2,3)4/h5-8H,17H2,1-4H3. The zero-order chi connectivity index (χ0) is 14.9. The van der Waals surface area contributed by atoms with Crippen LogP contribution < -0.4 is 10.5 Å². The number of rotatable bonds is 2. The van der Waals surface area contributed by atoms with E-state index in [1.807, 2.05) is 24.3 Å². The van der Waals surface area contributed by atoms with Crippen LogP contribution in [0.5, 0.6) is 11.6 Å². The van der Waals surface area contributed by atoms with E-state index < -0.39 is 0 Å². The van der Waals surface area contributed by atoms with Crippen LogP contribution in [0.15, 0.2) is 24.3 Å². The van der Waals surface area contributed by atoms with Crippen molar-refractivity contribution in [2.45, 2.75) is 33.1 Å². The Balaban J connectivity index is 2.27. The van der Waals surface area contributed by atoms with Gasteiger partial charge in [0.15, 0.2) is 0 Å². The fourth-order valence-electron chi connectivity index (χ4n) is 1.73. The zero-order valence-corrected chi connectivity index (χ0v) is 12.8. The highest BCUT2D eigenvalue weighted by atomic mass is 35.5. The summed E-state index contributed by atoms with van der Waals surface area (Å²) in [6, 6.07) is 7.85. The van der Waals surface area contributed by atoms with E-state index in [4.69, 9.17) is 22.1 Å². The molecule has 0 aliphatic carbocycles. The SMILES string of the molecule is Cc1nc(Cl)nc(Oc2ccc(C(C)(C)C)cc2)c1N. The van der Waals surface area contributed by atoms with E-state index in [0.717, 1.165) is 0 Å². The van der Waals surface area contributed by atoms with Crippen LogP contribution in [0.2, 0.25) is 5.28 Å². The quantitative estimate of drug-likeness (QED) is 0.846. The number of nitrogen functional groups attached to an aromatic ring is 1. The summed E-state index contributed by atoms with van der Waals surface area (Å²) in [4.78, 5) is 7.98. The minimum atomic E-state index is 0.104. The molecule has 4 nitrogen and oxygen atoms in total. The molecular weight excluding hydrogens is 274 g/mol. The van der Waals surface area contributed by atoms with Crippen molar-refractivity contribution in [2.75, 3.05) is 5.73 Å². The van der Waals surface area contributed by atoms with Crippen molar-refractivity contribution in [3.8, 4) is 11.6 Å². The van der Waals surface area contributed by atoms with Crippen molar-refractivity contribution in [3.05, 3.63) is 40.8 Å². The molecular formula is C15H18ClN3O. The molecule has 0 aliphatic rings. The summed E-state index contributed by atoms with van der Waals surface area (Å²) in [6.07, 6.45) is 0. The minimum absolute atomic E-state index is 0.104. The predicted molar refractivity (Wildman–Crippen MR) is 81.4 cm³/mol. The van der Waals surface area contributed by atoms with Gasteiger partial charge in [-0.05, 0) is 41.6 Å². The Morgan fingerprint density at radius 3 is 2.25 bits per heavy atom. The average molecular weight is 292 g/mol. The number of ether oxygens (including phenoxy) is 1. The van der Waals surface area contributed by atoms with Crippen molar-refractivity contribution in [3.63, 3.8) is 0 Å². The first-order valence-corrected chi connectivity index (χ1v) is 6.73. The van der Waals surface area contributed by atoms with Crippen LogP contribution in [-0.4, -0.2) is 9.97 Å². The Kier molecular flexibility index (Phi) is 3.86. The maximum atomic E-state index is 5.89. The number of nitrogens with zero attached hydrogens (tertiary/aromatic N) is 2. The second-order valence-corrected chi connectivity index (χ2v) is 6.01. The van der Waals surface area contributed by atoms with Crippen molar-refractivity contribution < 1.29 is 4.74 Å². The van der Waals surface area contributed by atoms with E-state index in [2.05, 4.69) is 30.7 Å². The smallest absolute Gasteiger partial charge is 0.247 e. The molecule has 20 heavy (non-hydrogen) atoms. The van der Waals surface area contributed by atoms with Crippen molar-refractivity contribution in [1.29, 1.82) is 0 Å². The number of anilines is 1. The third kappa shape index (κ3) is 3.20. The number of nitrogens with two attached hydrogens (primary N) is 1. The zero-order valence-electron chi connectivity index (χ0n) is 12.1. The molecule has 0 radical (unpaired) electrons. The first-order chi connectivity index (χ1) is 9.27. The lowest BCUT2D eigenvalue weighted by Crippen LogP contribution is -2.10. The van der Waals surface area contributed by atoms with Gasteiger partial charge in [-0.3, -0.25) is 0 Å². The number of hydrogen-bond donors (Lipinski definition) is 1. The van der Waals surface area contributed by atoms with E-state index in [0.29, 0.717) is 17.1 Å². The summed E-state index contributed by atoms with van der Waals surface area (Å²) in [5.41, 5.74) is 8.23. The van der Waals surface area contributed by atoms with Crippen LogP contribution in [0.3, 0.4) is 0 Å². The molecule has 0 spiro atoms. The summed E-state index contributed by atoms with van der Waals surface area (Å²) >= 11 is 5.82. The van der Waals surface area contributed by atoms with Gasteiger partial charge in [-0.2, -0.15) is 4.98 Å². The molecule has 1 heterocycles. The van der Waals surface area contributed by atoms with E-state index >= 15 is 0 Å². The normalized spacial score (nSPS) is 11.4. The first-order valence-electron chi connectivity index (χ1n) is 6.35. The Bertz CT molecular complexity index is 618. The van der Waals surface area contributed by atoms with Gasteiger partial charge in [-0.25, -0.2) is 4.98 Å². The molecule has 106 valence electrons. The van der Waals surface area contributed by atoms with Gasteiger partial charge < -0.3 is 10.5 Å². The number of aryl methyl sites for hydroxylation is 1. The predicted octanol–water partition coefficient (Wildman–Crippen LogP) is 4.11. The van der Waals surface area contributed by atoms with Gasteiger partial charge in [0.1, 0.15) is 11.4 Å². The number of halogens is 1. The Hall–Kier alpha value is -1.81. The molecule has 0 saturated carbocycles. The molecule has 0 aliphatic heterocycles. The summed E-state index contributed by atoms with van der Waals surface area (Å²) in [7, 11) is 0. The lowest BCUT2D eigenvalue weighted by Gasteiger charge is -2.19. The van der Waals surface area contributed by atoms with Gasteiger partial charge >= 0.3 is 0 Å². The molecule has 0 saturated heterocycles. The van der Waals surface area contributed by atoms with Gasteiger partial charge in [-0.15, -0.1) is 0 Å². The topological polar surface area (TPSA) is 61.0 Å². The number of hydrogen-bond acceptors (Lipinski definition) is 4.